The Balaban J connectivity index is 1.46. The van der Waals surface area contributed by atoms with E-state index in [1.165, 1.54) is 5.56 Å². The van der Waals surface area contributed by atoms with Crippen molar-refractivity contribution in [2.45, 2.75) is 19.9 Å². The van der Waals surface area contributed by atoms with E-state index in [2.05, 4.69) is 56.5 Å². The Kier molecular flexibility index (Phi) is 8.10. The molecule has 1 fully saturated rings. The summed E-state index contributed by atoms with van der Waals surface area (Å²) in [6.45, 7) is 8.28. The quantitative estimate of drug-likeness (QED) is 0.500. The molecule has 0 radical (unpaired) electrons. The molecule has 1 aliphatic rings. The number of hydrogen-bond acceptors (Lipinski definition) is 4. The van der Waals surface area contributed by atoms with E-state index in [4.69, 9.17) is 17.0 Å². The summed E-state index contributed by atoms with van der Waals surface area (Å²) in [6, 6.07) is 18.5. The SMILES string of the molecule is Cc1ccc2cc(CN(CCN3CCOCC3)C(=S)NCCc3ccccc3)c(=O)[nH]c2c1. The van der Waals surface area contributed by atoms with Gasteiger partial charge in [0.15, 0.2) is 5.11 Å². The highest BCUT2D eigenvalue weighted by atomic mass is 32.1. The summed E-state index contributed by atoms with van der Waals surface area (Å²) in [7, 11) is 0. The van der Waals surface area contributed by atoms with E-state index >= 15 is 0 Å². The molecule has 7 heteroatoms. The molecule has 2 N–H and O–H groups in total. The van der Waals surface area contributed by atoms with Crippen molar-refractivity contribution in [2.24, 2.45) is 0 Å². The van der Waals surface area contributed by atoms with Crippen molar-refractivity contribution in [1.82, 2.24) is 20.1 Å². The van der Waals surface area contributed by atoms with Crippen molar-refractivity contribution in [1.29, 1.82) is 0 Å². The maximum absolute atomic E-state index is 12.8. The number of rotatable bonds is 8. The number of aromatic nitrogens is 1. The number of morpholine rings is 1. The predicted molar refractivity (Wildman–Crippen MR) is 138 cm³/mol. The Morgan fingerprint density at radius 2 is 1.94 bits per heavy atom. The van der Waals surface area contributed by atoms with Gasteiger partial charge in [0.2, 0.25) is 0 Å². The van der Waals surface area contributed by atoms with Crippen LogP contribution in [0.3, 0.4) is 0 Å². The van der Waals surface area contributed by atoms with Crippen molar-refractivity contribution in [2.75, 3.05) is 45.9 Å². The third kappa shape index (κ3) is 6.63. The summed E-state index contributed by atoms with van der Waals surface area (Å²) in [4.78, 5) is 20.4. The van der Waals surface area contributed by atoms with Crippen LogP contribution < -0.4 is 10.9 Å². The van der Waals surface area contributed by atoms with Gasteiger partial charge in [-0.2, -0.15) is 0 Å². The van der Waals surface area contributed by atoms with Crippen molar-refractivity contribution < 1.29 is 4.74 Å². The van der Waals surface area contributed by atoms with E-state index in [-0.39, 0.29) is 5.56 Å². The monoisotopic (exact) mass is 464 g/mol. The topological polar surface area (TPSA) is 60.6 Å². The van der Waals surface area contributed by atoms with Crippen LogP contribution in [0.5, 0.6) is 0 Å². The van der Waals surface area contributed by atoms with E-state index in [1.54, 1.807) is 0 Å². The van der Waals surface area contributed by atoms with E-state index in [0.717, 1.165) is 74.4 Å². The highest BCUT2D eigenvalue weighted by Gasteiger charge is 2.16. The molecular weight excluding hydrogens is 432 g/mol. The van der Waals surface area contributed by atoms with E-state index in [1.807, 2.05) is 25.1 Å². The number of nitrogens with one attached hydrogen (secondary N) is 2. The Bertz CT molecular complexity index is 1130. The lowest BCUT2D eigenvalue weighted by Crippen LogP contribution is -2.46. The van der Waals surface area contributed by atoms with E-state index in [9.17, 15) is 4.79 Å². The molecule has 1 aliphatic heterocycles. The third-order valence-electron chi connectivity index (χ3n) is 6.05. The summed E-state index contributed by atoms with van der Waals surface area (Å²) < 4.78 is 5.47. The molecule has 1 aromatic heterocycles. The molecule has 2 heterocycles. The Labute approximate surface area is 200 Å². The molecule has 174 valence electrons. The fraction of sp³-hybridized carbons (Fsp3) is 0.385. The normalized spacial score (nSPS) is 14.3. The number of H-pyrrole nitrogens is 1. The summed E-state index contributed by atoms with van der Waals surface area (Å²) >= 11 is 5.77. The zero-order valence-electron chi connectivity index (χ0n) is 19.2. The number of thiocarbonyl (C=S) groups is 1. The average molecular weight is 465 g/mol. The Morgan fingerprint density at radius 3 is 2.73 bits per heavy atom. The number of benzene rings is 2. The van der Waals surface area contributed by atoms with Crippen molar-refractivity contribution in [3.05, 3.63) is 81.6 Å². The molecule has 1 saturated heterocycles. The first-order valence-corrected chi connectivity index (χ1v) is 12.0. The highest BCUT2D eigenvalue weighted by molar-refractivity contribution is 7.80. The molecule has 6 nitrogen and oxygen atoms in total. The second-order valence-electron chi connectivity index (χ2n) is 8.56. The Hall–Kier alpha value is -2.74. The van der Waals surface area contributed by atoms with Crippen molar-refractivity contribution >= 4 is 28.2 Å². The summed E-state index contributed by atoms with van der Waals surface area (Å²) in [5.74, 6) is 0. The van der Waals surface area contributed by atoms with Crippen LogP contribution in [0, 0.1) is 6.92 Å². The van der Waals surface area contributed by atoms with Gasteiger partial charge >= 0.3 is 0 Å². The molecule has 0 amide bonds. The third-order valence-corrected chi connectivity index (χ3v) is 6.45. The molecule has 0 bridgehead atoms. The smallest absolute Gasteiger partial charge is 0.253 e. The Morgan fingerprint density at radius 1 is 1.15 bits per heavy atom. The first-order chi connectivity index (χ1) is 16.1. The van der Waals surface area contributed by atoms with Gasteiger partial charge in [-0.15, -0.1) is 0 Å². The molecule has 2 aromatic carbocycles. The second kappa shape index (κ2) is 11.4. The molecular formula is C26H32N4O2S. The first kappa shape index (κ1) is 23.4. The molecule has 0 saturated carbocycles. The van der Waals surface area contributed by atoms with Gasteiger partial charge in [-0.1, -0.05) is 42.5 Å². The number of ether oxygens (including phenoxy) is 1. The summed E-state index contributed by atoms with van der Waals surface area (Å²) in [5.41, 5.74) is 3.93. The average Bonchev–Trinajstić information content (AvgIpc) is 2.83. The minimum atomic E-state index is -0.0587. The maximum Gasteiger partial charge on any atom is 0.253 e. The predicted octanol–water partition coefficient (Wildman–Crippen LogP) is 3.09. The van der Waals surface area contributed by atoms with Crippen LogP contribution in [0.2, 0.25) is 0 Å². The number of pyridine rings is 1. The zero-order chi connectivity index (χ0) is 23.0. The van der Waals surface area contributed by atoms with Crippen LogP contribution in [-0.2, 0) is 17.7 Å². The van der Waals surface area contributed by atoms with Crippen molar-refractivity contribution in [3.8, 4) is 0 Å². The van der Waals surface area contributed by atoms with Crippen LogP contribution in [0.15, 0.2) is 59.4 Å². The minimum absolute atomic E-state index is 0.0587. The molecule has 3 aromatic rings. The van der Waals surface area contributed by atoms with Gasteiger partial charge in [-0.3, -0.25) is 9.69 Å². The van der Waals surface area contributed by atoms with E-state index < -0.39 is 0 Å². The fourth-order valence-corrected chi connectivity index (χ4v) is 4.35. The molecule has 0 aliphatic carbocycles. The van der Waals surface area contributed by atoms with Gasteiger partial charge < -0.3 is 19.9 Å². The molecule has 0 atom stereocenters. The van der Waals surface area contributed by atoms with E-state index in [0.29, 0.717) is 11.7 Å². The number of nitrogens with zero attached hydrogens (tertiary/aromatic N) is 2. The van der Waals surface area contributed by atoms with Gasteiger partial charge in [-0.05, 0) is 54.2 Å². The van der Waals surface area contributed by atoms with Gasteiger partial charge in [0.05, 0.1) is 19.8 Å². The lowest BCUT2D eigenvalue weighted by Gasteiger charge is -2.31. The first-order valence-electron chi connectivity index (χ1n) is 11.6. The lowest BCUT2D eigenvalue weighted by molar-refractivity contribution is 0.0357. The highest BCUT2D eigenvalue weighted by Crippen LogP contribution is 2.14. The number of aryl methyl sites for hydroxylation is 1. The second-order valence-corrected chi connectivity index (χ2v) is 8.94. The lowest BCUT2D eigenvalue weighted by atomic mass is 10.1. The van der Waals surface area contributed by atoms with Gasteiger partial charge in [0.25, 0.3) is 5.56 Å². The standard InChI is InChI=1S/C26H32N4O2S/c1-20-7-8-22-18-23(25(31)28-24(22)17-20)19-30(12-11-29-13-15-32-16-14-29)26(33)27-10-9-21-5-3-2-4-6-21/h2-8,17-18H,9-16,19H2,1H3,(H,27,33)(H,28,31). The molecule has 4 rings (SSSR count). The van der Waals surface area contributed by atoms with Gasteiger partial charge in [0.1, 0.15) is 0 Å². The molecule has 0 unspecified atom stereocenters. The van der Waals surface area contributed by atoms with Crippen LogP contribution in [0.25, 0.3) is 10.9 Å². The van der Waals surface area contributed by atoms with Crippen molar-refractivity contribution in [3.63, 3.8) is 0 Å². The maximum atomic E-state index is 12.8. The number of hydrogen-bond donors (Lipinski definition) is 2. The zero-order valence-corrected chi connectivity index (χ0v) is 20.0. The fourth-order valence-electron chi connectivity index (χ4n) is 4.09. The van der Waals surface area contributed by atoms with Gasteiger partial charge in [-0.25, -0.2) is 0 Å². The summed E-state index contributed by atoms with van der Waals surface area (Å²) in [5, 5.41) is 5.12. The van der Waals surface area contributed by atoms with Crippen LogP contribution in [-0.4, -0.2) is 65.8 Å². The van der Waals surface area contributed by atoms with Crippen LogP contribution in [0.4, 0.5) is 0 Å². The van der Waals surface area contributed by atoms with Crippen LogP contribution in [0.1, 0.15) is 16.7 Å². The minimum Gasteiger partial charge on any atom is -0.379 e. The number of aromatic amines is 1. The summed E-state index contributed by atoms with van der Waals surface area (Å²) in [6.07, 6.45) is 0.897. The largest absolute Gasteiger partial charge is 0.379 e. The van der Waals surface area contributed by atoms with Gasteiger partial charge in [0, 0.05) is 43.8 Å². The molecule has 33 heavy (non-hydrogen) atoms. The van der Waals surface area contributed by atoms with Crippen LogP contribution >= 0.6 is 12.2 Å². The number of fused-ring (bicyclic) bond motifs is 1. The molecule has 0 spiro atoms.